The van der Waals surface area contributed by atoms with E-state index in [0.29, 0.717) is 5.75 Å². The second-order valence-corrected chi connectivity index (χ2v) is 10.2. The molecule has 0 radical (unpaired) electrons. The molecule has 5 rings (SSSR count). The van der Waals surface area contributed by atoms with Gasteiger partial charge in [0.1, 0.15) is 11.5 Å². The highest BCUT2D eigenvalue weighted by atomic mass is 16.5. The van der Waals surface area contributed by atoms with E-state index >= 15 is 0 Å². The summed E-state index contributed by atoms with van der Waals surface area (Å²) in [6.07, 6.45) is 4.73. The molecule has 0 spiro atoms. The van der Waals surface area contributed by atoms with E-state index in [0.717, 1.165) is 37.9 Å². The number of nitrogens with zero attached hydrogens (tertiary/aromatic N) is 2. The van der Waals surface area contributed by atoms with Crippen LogP contribution in [0.2, 0.25) is 0 Å². The summed E-state index contributed by atoms with van der Waals surface area (Å²) in [5.41, 5.74) is 1.13. The van der Waals surface area contributed by atoms with Crippen molar-refractivity contribution in [3.63, 3.8) is 0 Å². The number of carbonyl (C=O) groups excluding carboxylic acids is 2. The normalized spacial score (nSPS) is 29.6. The van der Waals surface area contributed by atoms with Crippen LogP contribution in [0.4, 0.5) is 0 Å². The summed E-state index contributed by atoms with van der Waals surface area (Å²) < 4.78 is 11.1. The van der Waals surface area contributed by atoms with Crippen molar-refractivity contribution in [2.24, 2.45) is 5.41 Å². The molecule has 5 atom stereocenters. The molecule has 3 aliphatic rings. The standard InChI is InChI=1S/C28H34N2O4/c1-19(31)29-23(16-20-8-5-4-6-9-20)24-17-28(2)25(29)10-7-11-26(28)30(24)27(32)18-34-22-14-12-21(33-3)13-15-22/h4-6,8-9,12-15,23-26H,7,10-11,16-18H2,1-3H3/t23-,24-,25+,26-,28+/m0/s1. The third-order valence-electron chi connectivity index (χ3n) is 8.32. The molecular formula is C28H34N2O4. The molecule has 0 unspecified atom stereocenters. The summed E-state index contributed by atoms with van der Waals surface area (Å²) >= 11 is 0. The lowest BCUT2D eigenvalue weighted by Gasteiger charge is -2.52. The van der Waals surface area contributed by atoms with Gasteiger partial charge in [-0.05, 0) is 61.9 Å². The number of amides is 2. The van der Waals surface area contributed by atoms with Crippen molar-refractivity contribution < 1.29 is 19.1 Å². The van der Waals surface area contributed by atoms with Gasteiger partial charge in [0.15, 0.2) is 6.61 Å². The van der Waals surface area contributed by atoms with Gasteiger partial charge < -0.3 is 19.3 Å². The Bertz CT molecular complexity index is 1040. The van der Waals surface area contributed by atoms with E-state index in [1.54, 1.807) is 14.0 Å². The molecule has 1 saturated carbocycles. The zero-order valence-electron chi connectivity index (χ0n) is 20.3. The Morgan fingerprint density at radius 2 is 1.62 bits per heavy atom. The number of ether oxygens (including phenoxy) is 2. The van der Waals surface area contributed by atoms with E-state index in [9.17, 15) is 9.59 Å². The highest BCUT2D eigenvalue weighted by molar-refractivity contribution is 5.80. The van der Waals surface area contributed by atoms with Crippen molar-refractivity contribution in [3.05, 3.63) is 60.2 Å². The van der Waals surface area contributed by atoms with Crippen molar-refractivity contribution >= 4 is 11.8 Å². The number of benzene rings is 2. The molecule has 0 aromatic heterocycles. The van der Waals surface area contributed by atoms with Crippen molar-refractivity contribution in [1.82, 2.24) is 9.80 Å². The minimum atomic E-state index is -0.0719. The second-order valence-electron chi connectivity index (χ2n) is 10.2. The number of likely N-dealkylation sites (tertiary alicyclic amines) is 2. The molecule has 6 heteroatoms. The van der Waals surface area contributed by atoms with Crippen molar-refractivity contribution in [1.29, 1.82) is 0 Å². The number of fused-ring (bicyclic) bond motifs is 1. The Labute approximate surface area is 201 Å². The number of piperidine rings is 1. The number of hydrogen-bond donors (Lipinski definition) is 0. The van der Waals surface area contributed by atoms with Gasteiger partial charge in [0.05, 0.1) is 19.2 Å². The topological polar surface area (TPSA) is 59.1 Å². The van der Waals surface area contributed by atoms with E-state index < -0.39 is 0 Å². The lowest BCUT2D eigenvalue weighted by Crippen LogP contribution is -2.62. The first-order chi connectivity index (χ1) is 16.4. The summed E-state index contributed by atoms with van der Waals surface area (Å²) in [5.74, 6) is 1.53. The minimum Gasteiger partial charge on any atom is -0.497 e. The van der Waals surface area contributed by atoms with Crippen molar-refractivity contribution in [3.8, 4) is 11.5 Å². The molecule has 0 N–H and O–H groups in total. The van der Waals surface area contributed by atoms with Gasteiger partial charge in [0, 0.05) is 24.4 Å². The molecule has 2 bridgehead atoms. The maximum absolute atomic E-state index is 13.7. The van der Waals surface area contributed by atoms with Crippen LogP contribution in [0.3, 0.4) is 0 Å². The van der Waals surface area contributed by atoms with Gasteiger partial charge in [0.25, 0.3) is 5.91 Å². The predicted molar refractivity (Wildman–Crippen MR) is 130 cm³/mol. The molecule has 2 aromatic carbocycles. The Balaban J connectivity index is 1.43. The Hall–Kier alpha value is -3.02. The minimum absolute atomic E-state index is 0.000392. The van der Waals surface area contributed by atoms with Crippen molar-refractivity contribution in [2.75, 3.05) is 13.7 Å². The van der Waals surface area contributed by atoms with Crippen LogP contribution in [-0.2, 0) is 16.0 Å². The predicted octanol–water partition coefficient (Wildman–Crippen LogP) is 4.08. The quantitative estimate of drug-likeness (QED) is 0.649. The molecule has 2 aliphatic heterocycles. The largest absolute Gasteiger partial charge is 0.497 e. The van der Waals surface area contributed by atoms with Gasteiger partial charge in [-0.3, -0.25) is 9.59 Å². The van der Waals surface area contributed by atoms with Gasteiger partial charge in [0.2, 0.25) is 5.91 Å². The lowest BCUT2D eigenvalue weighted by atomic mass is 9.64. The first-order valence-corrected chi connectivity index (χ1v) is 12.3. The average Bonchev–Trinajstić information content (AvgIpc) is 3.16. The summed E-state index contributed by atoms with van der Waals surface area (Å²) in [7, 11) is 1.62. The number of hydrogen-bond acceptors (Lipinski definition) is 4. The van der Waals surface area contributed by atoms with Crippen LogP contribution in [0.25, 0.3) is 0 Å². The monoisotopic (exact) mass is 462 g/mol. The van der Waals surface area contributed by atoms with Crippen LogP contribution in [0.5, 0.6) is 11.5 Å². The molecule has 34 heavy (non-hydrogen) atoms. The van der Waals surface area contributed by atoms with E-state index in [4.69, 9.17) is 9.47 Å². The Morgan fingerprint density at radius 3 is 2.26 bits per heavy atom. The zero-order chi connectivity index (χ0) is 23.9. The van der Waals surface area contributed by atoms with Crippen LogP contribution in [0.1, 0.15) is 45.1 Å². The highest BCUT2D eigenvalue weighted by Crippen LogP contribution is 2.56. The van der Waals surface area contributed by atoms with Crippen LogP contribution >= 0.6 is 0 Å². The van der Waals surface area contributed by atoms with Crippen LogP contribution in [-0.4, -0.2) is 59.5 Å². The number of carbonyl (C=O) groups is 2. The van der Waals surface area contributed by atoms with Gasteiger partial charge in [-0.25, -0.2) is 0 Å². The second kappa shape index (κ2) is 8.97. The Kier molecular flexibility index (Phi) is 6.00. The van der Waals surface area contributed by atoms with Gasteiger partial charge >= 0.3 is 0 Å². The summed E-state index contributed by atoms with van der Waals surface area (Å²) in [6.45, 7) is 3.98. The molecule has 3 fully saturated rings. The summed E-state index contributed by atoms with van der Waals surface area (Å²) in [6, 6.07) is 17.9. The zero-order valence-corrected chi connectivity index (χ0v) is 20.3. The molecule has 2 saturated heterocycles. The fourth-order valence-corrected chi connectivity index (χ4v) is 6.88. The molecule has 2 aromatic rings. The number of methoxy groups -OCH3 is 1. The van der Waals surface area contributed by atoms with Crippen LogP contribution in [0.15, 0.2) is 54.6 Å². The first-order valence-electron chi connectivity index (χ1n) is 12.3. The average molecular weight is 463 g/mol. The fourth-order valence-electron chi connectivity index (χ4n) is 6.88. The van der Waals surface area contributed by atoms with Gasteiger partial charge in [-0.2, -0.15) is 0 Å². The Morgan fingerprint density at radius 1 is 0.971 bits per heavy atom. The molecule has 1 aliphatic carbocycles. The van der Waals surface area contributed by atoms with Crippen LogP contribution in [0, 0.1) is 5.41 Å². The third-order valence-corrected chi connectivity index (χ3v) is 8.32. The maximum atomic E-state index is 13.7. The summed E-state index contributed by atoms with van der Waals surface area (Å²) in [4.78, 5) is 30.9. The molecule has 180 valence electrons. The maximum Gasteiger partial charge on any atom is 0.261 e. The van der Waals surface area contributed by atoms with E-state index in [-0.39, 0.29) is 48.0 Å². The highest BCUT2D eigenvalue weighted by Gasteiger charge is 2.64. The molecule has 2 heterocycles. The lowest BCUT2D eigenvalue weighted by molar-refractivity contribution is -0.143. The summed E-state index contributed by atoms with van der Waals surface area (Å²) in [5, 5.41) is 0. The van der Waals surface area contributed by atoms with Gasteiger partial charge in [-0.15, -0.1) is 0 Å². The van der Waals surface area contributed by atoms with E-state index in [1.165, 1.54) is 5.56 Å². The number of rotatable bonds is 6. The first kappa shape index (κ1) is 22.8. The van der Waals surface area contributed by atoms with Crippen LogP contribution < -0.4 is 9.47 Å². The SMILES string of the molecule is COc1ccc(OCC(=O)N2[C@H]3CCC[C@H]4N(C(C)=O)[C@@H](Cc5ccccc5)[C@@H]2C[C@@]34C)cc1. The van der Waals surface area contributed by atoms with Crippen molar-refractivity contribution in [2.45, 2.75) is 70.1 Å². The van der Waals surface area contributed by atoms with E-state index in [2.05, 4.69) is 28.9 Å². The van der Waals surface area contributed by atoms with Gasteiger partial charge in [-0.1, -0.05) is 37.3 Å². The van der Waals surface area contributed by atoms with E-state index in [1.807, 2.05) is 42.5 Å². The smallest absolute Gasteiger partial charge is 0.261 e. The molecule has 6 nitrogen and oxygen atoms in total. The third kappa shape index (κ3) is 3.83. The fraction of sp³-hybridized carbons (Fsp3) is 0.500. The molecule has 2 amide bonds. The molecular weight excluding hydrogens is 428 g/mol.